The minimum atomic E-state index is -0.0971. The van der Waals surface area contributed by atoms with E-state index in [1.165, 1.54) is 0 Å². The Labute approximate surface area is 103 Å². The molecule has 0 rings (SSSR count). The van der Waals surface area contributed by atoms with Gasteiger partial charge in [0.1, 0.15) is 0 Å². The molecule has 5 heteroatoms. The number of hydrogen-bond acceptors (Lipinski definition) is 4. The van der Waals surface area contributed by atoms with Crippen LogP contribution in [0.5, 0.6) is 0 Å². The fraction of sp³-hybridized carbons (Fsp3) is 0.750. The van der Waals surface area contributed by atoms with Gasteiger partial charge < -0.3 is 20.5 Å². The maximum Gasteiger partial charge on any atom is 0.246 e. The first-order chi connectivity index (χ1) is 8.18. The quantitative estimate of drug-likeness (QED) is 0.409. The van der Waals surface area contributed by atoms with Gasteiger partial charge in [0.05, 0.1) is 6.61 Å². The smallest absolute Gasteiger partial charge is 0.246 e. The molecule has 0 bridgehead atoms. The van der Waals surface area contributed by atoms with E-state index in [9.17, 15) is 4.79 Å². The SMILES string of the molecule is C=C(C)C(=O)NCCCOCCCOCCN. The van der Waals surface area contributed by atoms with Gasteiger partial charge in [-0.05, 0) is 19.8 Å². The van der Waals surface area contributed by atoms with Gasteiger partial charge in [0.15, 0.2) is 0 Å². The Morgan fingerprint density at radius 1 is 1.18 bits per heavy atom. The number of nitrogens with one attached hydrogen (secondary N) is 1. The highest BCUT2D eigenvalue weighted by atomic mass is 16.5. The van der Waals surface area contributed by atoms with Gasteiger partial charge >= 0.3 is 0 Å². The van der Waals surface area contributed by atoms with Gasteiger partial charge in [-0.2, -0.15) is 0 Å². The molecular formula is C12H24N2O3. The minimum Gasteiger partial charge on any atom is -0.381 e. The van der Waals surface area contributed by atoms with Crippen LogP contribution >= 0.6 is 0 Å². The second-order valence-corrected chi connectivity index (χ2v) is 3.76. The first kappa shape index (κ1) is 16.1. The molecule has 0 aliphatic carbocycles. The van der Waals surface area contributed by atoms with Gasteiger partial charge in [0.2, 0.25) is 5.91 Å². The summed E-state index contributed by atoms with van der Waals surface area (Å²) in [4.78, 5) is 11.1. The molecule has 0 spiro atoms. The number of nitrogens with two attached hydrogens (primary N) is 1. The second-order valence-electron chi connectivity index (χ2n) is 3.76. The molecule has 0 aliphatic rings. The molecule has 0 saturated heterocycles. The van der Waals surface area contributed by atoms with E-state index in [1.54, 1.807) is 6.92 Å². The Balaban J connectivity index is 3.08. The van der Waals surface area contributed by atoms with Crippen molar-refractivity contribution in [3.63, 3.8) is 0 Å². The fourth-order valence-corrected chi connectivity index (χ4v) is 1.08. The average Bonchev–Trinajstić information content (AvgIpc) is 2.31. The molecule has 100 valence electrons. The van der Waals surface area contributed by atoms with E-state index in [0.717, 1.165) is 12.8 Å². The van der Waals surface area contributed by atoms with Crippen molar-refractivity contribution >= 4 is 5.91 Å². The Kier molecular flexibility index (Phi) is 11.0. The number of carbonyl (C=O) groups excluding carboxylic acids is 1. The molecule has 0 saturated carbocycles. The lowest BCUT2D eigenvalue weighted by Gasteiger charge is -2.06. The summed E-state index contributed by atoms with van der Waals surface area (Å²) in [6.45, 7) is 9.03. The van der Waals surface area contributed by atoms with Gasteiger partial charge in [-0.15, -0.1) is 0 Å². The van der Waals surface area contributed by atoms with Crippen molar-refractivity contribution in [3.8, 4) is 0 Å². The topological polar surface area (TPSA) is 73.6 Å². The molecule has 0 aromatic rings. The maximum atomic E-state index is 11.1. The second kappa shape index (κ2) is 11.6. The lowest BCUT2D eigenvalue weighted by Crippen LogP contribution is -2.25. The molecule has 17 heavy (non-hydrogen) atoms. The molecule has 0 heterocycles. The highest BCUT2D eigenvalue weighted by Gasteiger charge is 1.99. The molecule has 1 amide bonds. The Morgan fingerprint density at radius 2 is 1.76 bits per heavy atom. The van der Waals surface area contributed by atoms with Gasteiger partial charge in [0.25, 0.3) is 0 Å². The average molecular weight is 244 g/mol. The molecule has 3 N–H and O–H groups in total. The molecule has 0 fully saturated rings. The van der Waals surface area contributed by atoms with E-state index in [0.29, 0.717) is 45.1 Å². The van der Waals surface area contributed by atoms with Crippen molar-refractivity contribution in [2.75, 3.05) is 39.5 Å². The highest BCUT2D eigenvalue weighted by molar-refractivity contribution is 5.91. The van der Waals surface area contributed by atoms with Gasteiger partial charge in [-0.3, -0.25) is 4.79 Å². The molecule has 0 aliphatic heterocycles. The van der Waals surface area contributed by atoms with E-state index in [4.69, 9.17) is 15.2 Å². The van der Waals surface area contributed by atoms with E-state index in [-0.39, 0.29) is 5.91 Å². The van der Waals surface area contributed by atoms with E-state index < -0.39 is 0 Å². The van der Waals surface area contributed by atoms with Crippen molar-refractivity contribution in [3.05, 3.63) is 12.2 Å². The van der Waals surface area contributed by atoms with E-state index in [1.807, 2.05) is 0 Å². The standard InChI is InChI=1S/C12H24N2O3/c1-11(2)12(15)14-6-3-7-16-8-4-9-17-10-5-13/h1,3-10,13H2,2H3,(H,14,15). The largest absolute Gasteiger partial charge is 0.381 e. The summed E-state index contributed by atoms with van der Waals surface area (Å²) >= 11 is 0. The molecule has 5 nitrogen and oxygen atoms in total. The number of amides is 1. The summed E-state index contributed by atoms with van der Waals surface area (Å²) in [6, 6.07) is 0. The Bertz CT molecular complexity index is 220. The number of rotatable bonds is 11. The summed E-state index contributed by atoms with van der Waals surface area (Å²) in [7, 11) is 0. The first-order valence-electron chi connectivity index (χ1n) is 5.97. The summed E-state index contributed by atoms with van der Waals surface area (Å²) in [6.07, 6.45) is 1.68. The molecule has 0 unspecified atom stereocenters. The van der Waals surface area contributed by atoms with Crippen LogP contribution in [0.2, 0.25) is 0 Å². The van der Waals surface area contributed by atoms with Crippen molar-refractivity contribution in [1.82, 2.24) is 5.32 Å². The van der Waals surface area contributed by atoms with Crippen molar-refractivity contribution in [2.45, 2.75) is 19.8 Å². The van der Waals surface area contributed by atoms with Crippen molar-refractivity contribution < 1.29 is 14.3 Å². The summed E-state index contributed by atoms with van der Waals surface area (Å²) in [5, 5.41) is 2.74. The zero-order valence-electron chi connectivity index (χ0n) is 10.7. The molecule has 0 atom stereocenters. The predicted octanol–water partition coefficient (Wildman–Crippen LogP) is 0.451. The summed E-state index contributed by atoms with van der Waals surface area (Å²) in [5.74, 6) is -0.0971. The third kappa shape index (κ3) is 11.4. The van der Waals surface area contributed by atoms with Crippen LogP contribution < -0.4 is 11.1 Å². The molecular weight excluding hydrogens is 220 g/mol. The Morgan fingerprint density at radius 3 is 2.35 bits per heavy atom. The number of hydrogen-bond donors (Lipinski definition) is 2. The maximum absolute atomic E-state index is 11.1. The lowest BCUT2D eigenvalue weighted by atomic mass is 10.3. The zero-order chi connectivity index (χ0) is 12.9. The minimum absolute atomic E-state index is 0.0971. The van der Waals surface area contributed by atoms with Crippen LogP contribution in [0.1, 0.15) is 19.8 Å². The van der Waals surface area contributed by atoms with Crippen LogP contribution in [0.15, 0.2) is 12.2 Å². The zero-order valence-corrected chi connectivity index (χ0v) is 10.7. The third-order valence-electron chi connectivity index (χ3n) is 1.98. The molecule has 0 radical (unpaired) electrons. The van der Waals surface area contributed by atoms with Gasteiger partial charge in [-0.1, -0.05) is 6.58 Å². The highest BCUT2D eigenvalue weighted by Crippen LogP contribution is 1.89. The van der Waals surface area contributed by atoms with Crippen LogP contribution in [0.3, 0.4) is 0 Å². The van der Waals surface area contributed by atoms with Crippen molar-refractivity contribution in [1.29, 1.82) is 0 Å². The molecule has 0 aromatic carbocycles. The third-order valence-corrected chi connectivity index (χ3v) is 1.98. The number of ether oxygens (including phenoxy) is 2. The molecule has 0 aromatic heterocycles. The predicted molar refractivity (Wildman–Crippen MR) is 67.8 cm³/mol. The van der Waals surface area contributed by atoms with E-state index in [2.05, 4.69) is 11.9 Å². The van der Waals surface area contributed by atoms with Crippen LogP contribution in [-0.2, 0) is 14.3 Å². The fourth-order valence-electron chi connectivity index (χ4n) is 1.08. The van der Waals surface area contributed by atoms with Crippen molar-refractivity contribution in [2.24, 2.45) is 5.73 Å². The Hall–Kier alpha value is -0.910. The van der Waals surface area contributed by atoms with Crippen LogP contribution in [0, 0.1) is 0 Å². The van der Waals surface area contributed by atoms with Crippen LogP contribution in [0.25, 0.3) is 0 Å². The van der Waals surface area contributed by atoms with Crippen LogP contribution in [-0.4, -0.2) is 45.4 Å². The summed E-state index contributed by atoms with van der Waals surface area (Å²) in [5.41, 5.74) is 5.80. The monoisotopic (exact) mass is 244 g/mol. The normalized spacial score (nSPS) is 10.2. The summed E-state index contributed by atoms with van der Waals surface area (Å²) < 4.78 is 10.6. The van der Waals surface area contributed by atoms with E-state index >= 15 is 0 Å². The van der Waals surface area contributed by atoms with Crippen LogP contribution in [0.4, 0.5) is 0 Å². The first-order valence-corrected chi connectivity index (χ1v) is 5.97. The van der Waals surface area contributed by atoms with Gasteiger partial charge in [0, 0.05) is 38.5 Å². The van der Waals surface area contributed by atoms with Gasteiger partial charge in [-0.25, -0.2) is 0 Å². The number of carbonyl (C=O) groups is 1. The lowest BCUT2D eigenvalue weighted by molar-refractivity contribution is -0.117.